The van der Waals surface area contributed by atoms with Gasteiger partial charge in [-0.05, 0) is 53.7 Å². The fourth-order valence-corrected chi connectivity index (χ4v) is 2.06. The molecule has 1 aromatic heterocycles. The van der Waals surface area contributed by atoms with E-state index in [4.69, 9.17) is 9.47 Å². The van der Waals surface area contributed by atoms with Gasteiger partial charge in [0.2, 0.25) is 0 Å². The summed E-state index contributed by atoms with van der Waals surface area (Å²) >= 11 is 0. The molecule has 140 valence electrons. The van der Waals surface area contributed by atoms with Crippen LogP contribution in [-0.2, 0) is 9.47 Å². The van der Waals surface area contributed by atoms with Gasteiger partial charge in [-0.25, -0.2) is 15.0 Å². The van der Waals surface area contributed by atoms with Crippen molar-refractivity contribution in [2.45, 2.75) is 52.7 Å². The third-order valence-corrected chi connectivity index (χ3v) is 2.90. The Bertz CT molecular complexity index is 803. The van der Waals surface area contributed by atoms with Crippen molar-refractivity contribution in [3.63, 3.8) is 0 Å². The quantitative estimate of drug-likeness (QED) is 0.777. The van der Waals surface area contributed by atoms with Crippen LogP contribution in [0.1, 0.15) is 41.5 Å². The van der Waals surface area contributed by atoms with E-state index in [1.807, 2.05) is 0 Å². The zero-order chi connectivity index (χ0) is 19.5. The highest BCUT2D eigenvalue weighted by Gasteiger charge is 2.28. The van der Waals surface area contributed by atoms with Gasteiger partial charge in [-0.15, -0.1) is 0 Å². The van der Waals surface area contributed by atoms with Crippen molar-refractivity contribution < 1.29 is 19.1 Å². The Balaban J connectivity index is 2.42. The molecule has 8 nitrogen and oxygen atoms in total. The number of para-hydroxylation sites is 1. The molecule has 2 aromatic rings. The molecule has 0 radical (unpaired) electrons. The van der Waals surface area contributed by atoms with Gasteiger partial charge in [-0.3, -0.25) is 9.97 Å². The highest BCUT2D eigenvalue weighted by Crippen LogP contribution is 2.24. The summed E-state index contributed by atoms with van der Waals surface area (Å²) in [4.78, 5) is 33.4. The van der Waals surface area contributed by atoms with E-state index in [0.717, 1.165) is 5.01 Å². The van der Waals surface area contributed by atoms with Crippen LogP contribution < -0.4 is 10.4 Å². The largest absolute Gasteiger partial charge is 0.443 e. The number of rotatable bonds is 1. The monoisotopic (exact) mass is 360 g/mol. The number of nitrogens with one attached hydrogen (secondary N) is 1. The standard InChI is InChI=1S/C18H24N4O4/c1-17(2,3)25-15(23)21-22(16(24)26-18(4,5)6)13-9-7-8-12-14(13)20-11-10-19-12/h7-11H,1-6H3,(H,21,23). The smallest absolute Gasteiger partial charge is 0.434 e. The second-order valence-electron chi connectivity index (χ2n) is 7.63. The Kier molecular flexibility index (Phi) is 5.34. The van der Waals surface area contributed by atoms with Crippen molar-refractivity contribution in [3.05, 3.63) is 30.6 Å². The minimum Gasteiger partial charge on any atom is -0.443 e. The molecule has 0 atom stereocenters. The fourth-order valence-electron chi connectivity index (χ4n) is 2.06. The zero-order valence-electron chi connectivity index (χ0n) is 15.9. The van der Waals surface area contributed by atoms with Gasteiger partial charge in [0, 0.05) is 12.4 Å². The fraction of sp³-hybridized carbons (Fsp3) is 0.444. The molecular weight excluding hydrogens is 336 g/mol. The summed E-state index contributed by atoms with van der Waals surface area (Å²) in [5.41, 5.74) is 2.31. The maximum Gasteiger partial charge on any atom is 0.434 e. The lowest BCUT2D eigenvalue weighted by Crippen LogP contribution is -2.50. The Labute approximate surface area is 152 Å². The molecule has 2 rings (SSSR count). The van der Waals surface area contributed by atoms with Crippen molar-refractivity contribution in [2.24, 2.45) is 0 Å². The summed E-state index contributed by atoms with van der Waals surface area (Å²) < 4.78 is 10.6. The van der Waals surface area contributed by atoms with Crippen LogP contribution in [0.2, 0.25) is 0 Å². The van der Waals surface area contributed by atoms with Crippen LogP contribution in [0.5, 0.6) is 0 Å². The maximum absolute atomic E-state index is 12.7. The van der Waals surface area contributed by atoms with E-state index in [1.54, 1.807) is 65.9 Å². The molecule has 0 aliphatic carbocycles. The third kappa shape index (κ3) is 5.30. The molecule has 8 heteroatoms. The van der Waals surface area contributed by atoms with Gasteiger partial charge in [-0.2, -0.15) is 5.01 Å². The van der Waals surface area contributed by atoms with E-state index < -0.39 is 23.4 Å². The number of aromatic nitrogens is 2. The van der Waals surface area contributed by atoms with Gasteiger partial charge in [0.25, 0.3) is 0 Å². The average Bonchev–Trinajstić information content (AvgIpc) is 2.48. The maximum atomic E-state index is 12.7. The van der Waals surface area contributed by atoms with E-state index in [1.165, 1.54) is 6.20 Å². The van der Waals surface area contributed by atoms with Crippen molar-refractivity contribution in [1.82, 2.24) is 15.4 Å². The number of anilines is 1. The number of carbonyl (C=O) groups is 2. The van der Waals surface area contributed by atoms with Gasteiger partial charge < -0.3 is 9.47 Å². The van der Waals surface area contributed by atoms with Crippen molar-refractivity contribution in [3.8, 4) is 0 Å². The molecule has 2 amide bonds. The highest BCUT2D eigenvalue weighted by atomic mass is 16.6. The molecule has 1 aromatic carbocycles. The van der Waals surface area contributed by atoms with Crippen molar-refractivity contribution in [2.75, 3.05) is 5.01 Å². The second-order valence-corrected chi connectivity index (χ2v) is 7.63. The molecule has 26 heavy (non-hydrogen) atoms. The van der Waals surface area contributed by atoms with Crippen LogP contribution in [0.4, 0.5) is 15.3 Å². The average molecular weight is 360 g/mol. The van der Waals surface area contributed by atoms with Crippen molar-refractivity contribution in [1.29, 1.82) is 0 Å². The summed E-state index contributed by atoms with van der Waals surface area (Å²) in [7, 11) is 0. The molecule has 1 heterocycles. The number of fused-ring (bicyclic) bond motifs is 1. The minimum absolute atomic E-state index is 0.329. The molecule has 1 N–H and O–H groups in total. The van der Waals surface area contributed by atoms with Gasteiger partial charge in [0.1, 0.15) is 16.7 Å². The molecule has 0 fully saturated rings. The number of benzene rings is 1. The van der Waals surface area contributed by atoms with Gasteiger partial charge >= 0.3 is 12.2 Å². The summed E-state index contributed by atoms with van der Waals surface area (Å²) in [5.74, 6) is 0. The Morgan fingerprint density at radius 2 is 1.58 bits per heavy atom. The predicted molar refractivity (Wildman–Crippen MR) is 97.6 cm³/mol. The third-order valence-electron chi connectivity index (χ3n) is 2.90. The summed E-state index contributed by atoms with van der Waals surface area (Å²) in [6.07, 6.45) is 1.50. The van der Waals surface area contributed by atoms with Gasteiger partial charge in [0.15, 0.2) is 0 Å². The Morgan fingerprint density at radius 1 is 0.962 bits per heavy atom. The first-order chi connectivity index (χ1) is 12.0. The molecule has 0 saturated carbocycles. The van der Waals surface area contributed by atoms with Crippen LogP contribution in [0, 0.1) is 0 Å². The number of ether oxygens (including phenoxy) is 2. The number of carbonyl (C=O) groups excluding carboxylic acids is 2. The summed E-state index contributed by atoms with van der Waals surface area (Å²) in [5, 5.41) is 0.982. The predicted octanol–water partition coefficient (Wildman–Crippen LogP) is 3.81. The van der Waals surface area contributed by atoms with E-state index in [2.05, 4.69) is 15.4 Å². The second kappa shape index (κ2) is 7.15. The molecule has 0 spiro atoms. The van der Waals surface area contributed by atoms with Crippen LogP contribution in [0.15, 0.2) is 30.6 Å². The molecular formula is C18H24N4O4. The summed E-state index contributed by atoms with van der Waals surface area (Å²) in [6.45, 7) is 10.4. The van der Waals surface area contributed by atoms with Crippen LogP contribution in [0.25, 0.3) is 11.0 Å². The highest BCUT2D eigenvalue weighted by molar-refractivity contribution is 5.99. The SMILES string of the molecule is CC(C)(C)OC(=O)NN(C(=O)OC(C)(C)C)c1cccc2nccnc12. The van der Waals surface area contributed by atoms with E-state index >= 15 is 0 Å². The molecule has 0 aliphatic rings. The minimum atomic E-state index is -0.788. The number of nitrogens with zero attached hydrogens (tertiary/aromatic N) is 3. The number of hydrogen-bond donors (Lipinski definition) is 1. The van der Waals surface area contributed by atoms with Crippen LogP contribution in [-0.4, -0.2) is 33.4 Å². The lowest BCUT2D eigenvalue weighted by molar-refractivity contribution is 0.0425. The first kappa shape index (κ1) is 19.4. The normalized spacial score (nSPS) is 11.8. The van der Waals surface area contributed by atoms with Gasteiger partial charge in [0.05, 0.1) is 11.2 Å². The van der Waals surface area contributed by atoms with Crippen LogP contribution >= 0.6 is 0 Å². The lowest BCUT2D eigenvalue weighted by atomic mass is 10.2. The molecule has 0 aliphatic heterocycles. The molecule has 0 saturated heterocycles. The zero-order valence-corrected chi connectivity index (χ0v) is 15.9. The number of amides is 2. The Hall–Kier alpha value is -2.90. The van der Waals surface area contributed by atoms with E-state index in [9.17, 15) is 9.59 Å². The van der Waals surface area contributed by atoms with E-state index in [-0.39, 0.29) is 0 Å². The van der Waals surface area contributed by atoms with Crippen LogP contribution in [0.3, 0.4) is 0 Å². The molecule has 0 bridgehead atoms. The van der Waals surface area contributed by atoms with Gasteiger partial charge in [-0.1, -0.05) is 6.07 Å². The van der Waals surface area contributed by atoms with E-state index in [0.29, 0.717) is 16.7 Å². The first-order valence-electron chi connectivity index (χ1n) is 8.19. The number of hydrazine groups is 1. The Morgan fingerprint density at radius 3 is 2.19 bits per heavy atom. The summed E-state index contributed by atoms with van der Waals surface area (Å²) in [6, 6.07) is 5.10. The lowest BCUT2D eigenvalue weighted by Gasteiger charge is -2.29. The first-order valence-corrected chi connectivity index (χ1v) is 8.19. The number of hydrogen-bond acceptors (Lipinski definition) is 6. The molecule has 0 unspecified atom stereocenters. The van der Waals surface area contributed by atoms with Crippen molar-refractivity contribution >= 4 is 28.9 Å². The topological polar surface area (TPSA) is 93.7 Å².